The minimum Gasteiger partial charge on any atom is -0.371 e. The summed E-state index contributed by atoms with van der Waals surface area (Å²) in [6.07, 6.45) is 8.30. The molecule has 3 fully saturated rings. The third-order valence-electron chi connectivity index (χ3n) is 7.08. The molecule has 1 amide bonds. The van der Waals surface area contributed by atoms with Gasteiger partial charge in [-0.2, -0.15) is 4.98 Å². The molecule has 0 saturated carbocycles. The van der Waals surface area contributed by atoms with Crippen molar-refractivity contribution in [2.45, 2.75) is 44.6 Å². The van der Waals surface area contributed by atoms with Gasteiger partial charge in [-0.05, 0) is 32.1 Å². The molecule has 0 unspecified atom stereocenters. The number of likely N-dealkylation sites (tertiary alicyclic amines) is 1. The molecule has 3 aliphatic rings. The van der Waals surface area contributed by atoms with Crippen LogP contribution in [-0.4, -0.2) is 81.8 Å². The van der Waals surface area contributed by atoms with E-state index in [-0.39, 0.29) is 11.5 Å². The molecule has 2 aromatic heterocycles. The molecule has 2 aromatic rings. The number of hydrogen-bond donors (Lipinski definition) is 0. The van der Waals surface area contributed by atoms with E-state index in [0.29, 0.717) is 25.4 Å². The summed E-state index contributed by atoms with van der Waals surface area (Å²) >= 11 is 0. The lowest BCUT2D eigenvalue weighted by molar-refractivity contribution is -0.0871. The van der Waals surface area contributed by atoms with E-state index in [9.17, 15) is 4.79 Å². The maximum absolute atomic E-state index is 12.9. The number of aryl methyl sites for hydroxylation is 2. The molecule has 172 valence electrons. The lowest BCUT2D eigenvalue weighted by Gasteiger charge is -2.47. The Kier molecular flexibility index (Phi) is 5.75. The highest BCUT2D eigenvalue weighted by Crippen LogP contribution is 2.33. The molecule has 5 rings (SSSR count). The second-order valence-corrected chi connectivity index (χ2v) is 9.20. The Morgan fingerprint density at radius 3 is 2.56 bits per heavy atom. The maximum atomic E-state index is 12.9. The van der Waals surface area contributed by atoms with Gasteiger partial charge in [0.2, 0.25) is 5.95 Å². The van der Waals surface area contributed by atoms with Gasteiger partial charge in [0, 0.05) is 58.1 Å². The summed E-state index contributed by atoms with van der Waals surface area (Å²) in [6, 6.07) is 2.14. The van der Waals surface area contributed by atoms with Crippen molar-refractivity contribution in [3.05, 3.63) is 30.0 Å². The van der Waals surface area contributed by atoms with Crippen LogP contribution in [0.15, 0.2) is 18.6 Å². The Balaban J connectivity index is 1.29. The highest BCUT2D eigenvalue weighted by Gasteiger charge is 2.41. The first-order valence-corrected chi connectivity index (χ1v) is 11.8. The molecule has 5 heterocycles. The van der Waals surface area contributed by atoms with Crippen molar-refractivity contribution < 1.29 is 9.53 Å². The molecule has 32 heavy (non-hydrogen) atoms. The summed E-state index contributed by atoms with van der Waals surface area (Å²) in [7, 11) is 1.86. The average Bonchev–Trinajstić information content (AvgIpc) is 3.51. The number of nitrogens with zero attached hydrogens (tertiary/aromatic N) is 7. The monoisotopic (exact) mass is 439 g/mol. The van der Waals surface area contributed by atoms with Crippen molar-refractivity contribution in [2.75, 3.05) is 55.7 Å². The summed E-state index contributed by atoms with van der Waals surface area (Å²) in [6.45, 7) is 7.94. The molecule has 0 aromatic carbocycles. The van der Waals surface area contributed by atoms with E-state index in [1.807, 2.05) is 11.9 Å². The molecule has 0 bridgehead atoms. The molecule has 0 atom stereocenters. The summed E-state index contributed by atoms with van der Waals surface area (Å²) in [5.74, 6) is 1.93. The molecule has 3 saturated heterocycles. The SMILES string of the molecule is CCc1cc(N2CCOC3(CCN(C(=O)c4cncn4C)CC3)C2)nc(N2CCCC2)n1. The van der Waals surface area contributed by atoms with E-state index in [2.05, 4.69) is 27.8 Å². The maximum Gasteiger partial charge on any atom is 0.272 e. The number of aromatic nitrogens is 4. The minimum atomic E-state index is -0.230. The van der Waals surface area contributed by atoms with Gasteiger partial charge in [-0.1, -0.05) is 6.92 Å². The first-order valence-electron chi connectivity index (χ1n) is 11.8. The molecule has 0 aliphatic carbocycles. The summed E-state index contributed by atoms with van der Waals surface area (Å²) in [5, 5.41) is 0. The number of anilines is 2. The molecular weight excluding hydrogens is 406 g/mol. The normalized spacial score (nSPS) is 20.9. The zero-order chi connectivity index (χ0) is 22.1. The van der Waals surface area contributed by atoms with Crippen molar-refractivity contribution >= 4 is 17.7 Å². The van der Waals surface area contributed by atoms with Gasteiger partial charge in [0.15, 0.2) is 0 Å². The van der Waals surface area contributed by atoms with Crippen molar-refractivity contribution in [2.24, 2.45) is 7.05 Å². The van der Waals surface area contributed by atoms with Crippen LogP contribution in [0.4, 0.5) is 11.8 Å². The first-order chi connectivity index (χ1) is 15.6. The van der Waals surface area contributed by atoms with Crippen LogP contribution in [-0.2, 0) is 18.2 Å². The highest BCUT2D eigenvalue weighted by atomic mass is 16.5. The van der Waals surface area contributed by atoms with Crippen LogP contribution in [0, 0.1) is 0 Å². The fourth-order valence-corrected chi connectivity index (χ4v) is 5.06. The number of carbonyl (C=O) groups excluding carboxylic acids is 1. The van der Waals surface area contributed by atoms with Gasteiger partial charge >= 0.3 is 0 Å². The molecule has 3 aliphatic heterocycles. The van der Waals surface area contributed by atoms with Crippen LogP contribution in [0.1, 0.15) is 48.8 Å². The van der Waals surface area contributed by atoms with Gasteiger partial charge in [0.1, 0.15) is 11.5 Å². The Bertz CT molecular complexity index is 961. The Morgan fingerprint density at radius 2 is 1.88 bits per heavy atom. The summed E-state index contributed by atoms with van der Waals surface area (Å²) in [5.41, 5.74) is 1.50. The second-order valence-electron chi connectivity index (χ2n) is 9.20. The Morgan fingerprint density at radius 1 is 1.09 bits per heavy atom. The third kappa shape index (κ3) is 4.05. The van der Waals surface area contributed by atoms with Crippen molar-refractivity contribution in [1.82, 2.24) is 24.4 Å². The van der Waals surface area contributed by atoms with Gasteiger partial charge < -0.3 is 24.0 Å². The van der Waals surface area contributed by atoms with Crippen LogP contribution < -0.4 is 9.80 Å². The van der Waals surface area contributed by atoms with Gasteiger partial charge in [0.05, 0.1) is 24.7 Å². The van der Waals surface area contributed by atoms with Crippen LogP contribution in [0.3, 0.4) is 0 Å². The van der Waals surface area contributed by atoms with Crippen molar-refractivity contribution in [1.29, 1.82) is 0 Å². The van der Waals surface area contributed by atoms with E-state index in [1.165, 1.54) is 12.8 Å². The third-order valence-corrected chi connectivity index (χ3v) is 7.08. The predicted octanol–water partition coefficient (Wildman–Crippen LogP) is 1.88. The number of rotatable bonds is 4. The molecule has 1 spiro atoms. The average molecular weight is 440 g/mol. The lowest BCUT2D eigenvalue weighted by Crippen LogP contribution is -2.58. The van der Waals surface area contributed by atoms with Crippen LogP contribution in [0.2, 0.25) is 0 Å². The molecule has 0 radical (unpaired) electrons. The summed E-state index contributed by atoms with van der Waals surface area (Å²) in [4.78, 5) is 33.3. The zero-order valence-corrected chi connectivity index (χ0v) is 19.2. The van der Waals surface area contributed by atoms with Gasteiger partial charge in [-0.15, -0.1) is 0 Å². The number of hydrogen-bond acceptors (Lipinski definition) is 7. The smallest absolute Gasteiger partial charge is 0.272 e. The van der Waals surface area contributed by atoms with Gasteiger partial charge in [-0.3, -0.25) is 4.79 Å². The Labute approximate surface area is 189 Å². The fourth-order valence-electron chi connectivity index (χ4n) is 5.06. The Hall–Kier alpha value is -2.68. The molecule has 9 nitrogen and oxygen atoms in total. The fraction of sp³-hybridized carbons (Fsp3) is 0.652. The van der Waals surface area contributed by atoms with Gasteiger partial charge in [0.25, 0.3) is 5.91 Å². The standard InChI is InChI=1S/C23H33N7O2/c1-3-18-14-20(26-22(25-18)29-8-4-5-9-29)30-12-13-32-23(16-30)6-10-28(11-7-23)21(31)19-15-24-17-27(19)2/h14-15,17H,3-13,16H2,1-2H3. The highest BCUT2D eigenvalue weighted by molar-refractivity contribution is 5.92. The van der Waals surface area contributed by atoms with Gasteiger partial charge in [-0.25, -0.2) is 9.97 Å². The number of ether oxygens (including phenoxy) is 1. The number of morpholine rings is 1. The van der Waals surface area contributed by atoms with Crippen molar-refractivity contribution in [3.63, 3.8) is 0 Å². The van der Waals surface area contributed by atoms with Crippen LogP contribution in [0.5, 0.6) is 0 Å². The quantitative estimate of drug-likeness (QED) is 0.720. The van der Waals surface area contributed by atoms with E-state index in [1.54, 1.807) is 17.1 Å². The number of carbonyl (C=O) groups is 1. The number of piperidine rings is 1. The lowest BCUT2D eigenvalue weighted by atomic mass is 9.89. The van der Waals surface area contributed by atoms with E-state index < -0.39 is 0 Å². The van der Waals surface area contributed by atoms with Crippen LogP contribution in [0.25, 0.3) is 0 Å². The van der Waals surface area contributed by atoms with E-state index in [0.717, 1.165) is 62.9 Å². The summed E-state index contributed by atoms with van der Waals surface area (Å²) < 4.78 is 8.12. The molecule has 9 heteroatoms. The van der Waals surface area contributed by atoms with E-state index in [4.69, 9.17) is 14.7 Å². The number of amides is 1. The molecule has 0 N–H and O–H groups in total. The second kappa shape index (κ2) is 8.69. The number of imidazole rings is 1. The van der Waals surface area contributed by atoms with Crippen LogP contribution >= 0.6 is 0 Å². The topological polar surface area (TPSA) is 79.6 Å². The van der Waals surface area contributed by atoms with Crippen molar-refractivity contribution in [3.8, 4) is 0 Å². The minimum absolute atomic E-state index is 0.0474. The van der Waals surface area contributed by atoms with E-state index >= 15 is 0 Å². The molecular formula is C23H33N7O2. The predicted molar refractivity (Wildman–Crippen MR) is 122 cm³/mol. The largest absolute Gasteiger partial charge is 0.371 e. The zero-order valence-electron chi connectivity index (χ0n) is 19.2. The first kappa shape index (κ1) is 21.2.